The second kappa shape index (κ2) is 8.31. The number of rotatable bonds is 7. The molecule has 4 nitrogen and oxygen atoms in total. The molecule has 0 saturated carbocycles. The van der Waals surface area contributed by atoms with E-state index < -0.39 is 0 Å². The van der Waals surface area contributed by atoms with Gasteiger partial charge in [-0.2, -0.15) is 0 Å². The molecule has 0 aromatic heterocycles. The van der Waals surface area contributed by atoms with Crippen LogP contribution in [-0.4, -0.2) is 26.2 Å². The van der Waals surface area contributed by atoms with Gasteiger partial charge in [-0.3, -0.25) is 4.79 Å². The van der Waals surface area contributed by atoms with Gasteiger partial charge in [0.25, 0.3) is 0 Å². The molecule has 0 aliphatic carbocycles. The highest BCUT2D eigenvalue weighted by Crippen LogP contribution is 2.20. The first-order valence-corrected chi connectivity index (χ1v) is 8.24. The van der Waals surface area contributed by atoms with Crippen molar-refractivity contribution < 1.29 is 14.3 Å². The van der Waals surface area contributed by atoms with Crippen LogP contribution in [0.25, 0.3) is 10.8 Å². The van der Waals surface area contributed by atoms with E-state index in [-0.39, 0.29) is 5.91 Å². The van der Waals surface area contributed by atoms with Crippen molar-refractivity contribution in [1.29, 1.82) is 0 Å². The van der Waals surface area contributed by atoms with Crippen LogP contribution in [0.5, 0.6) is 5.75 Å². The second-order valence-corrected chi connectivity index (χ2v) is 5.73. The zero-order valence-corrected chi connectivity index (χ0v) is 14.2. The average Bonchev–Trinajstić information content (AvgIpc) is 2.64. The fraction of sp³-hybridized carbons (Fsp3) is 0.190. The van der Waals surface area contributed by atoms with E-state index >= 15 is 0 Å². The fourth-order valence-corrected chi connectivity index (χ4v) is 2.70. The molecule has 0 heterocycles. The van der Waals surface area contributed by atoms with Crippen molar-refractivity contribution in [2.45, 2.75) is 6.42 Å². The highest BCUT2D eigenvalue weighted by Gasteiger charge is 2.07. The molecule has 0 atom stereocenters. The topological polar surface area (TPSA) is 47.6 Å². The predicted octanol–water partition coefficient (Wildman–Crippen LogP) is 4.05. The minimum absolute atomic E-state index is 0.0376. The number of amides is 1. The maximum atomic E-state index is 12.4. The molecule has 0 saturated heterocycles. The number of carbonyl (C=O) groups is 1. The second-order valence-electron chi connectivity index (χ2n) is 5.73. The lowest BCUT2D eigenvalue weighted by atomic mass is 10.0. The van der Waals surface area contributed by atoms with Crippen molar-refractivity contribution >= 4 is 22.4 Å². The summed E-state index contributed by atoms with van der Waals surface area (Å²) in [6.45, 7) is 1.05. The number of nitrogens with one attached hydrogen (secondary N) is 1. The van der Waals surface area contributed by atoms with Crippen LogP contribution in [0.1, 0.15) is 5.56 Å². The Morgan fingerprint density at radius 2 is 1.68 bits per heavy atom. The van der Waals surface area contributed by atoms with Gasteiger partial charge < -0.3 is 14.8 Å². The van der Waals surface area contributed by atoms with Gasteiger partial charge in [-0.05, 0) is 40.6 Å². The lowest BCUT2D eigenvalue weighted by molar-refractivity contribution is -0.115. The quantitative estimate of drug-likeness (QED) is 0.663. The lowest BCUT2D eigenvalue weighted by Crippen LogP contribution is -2.14. The Morgan fingerprint density at radius 3 is 2.48 bits per heavy atom. The number of methoxy groups -OCH3 is 1. The molecule has 0 spiro atoms. The van der Waals surface area contributed by atoms with Gasteiger partial charge in [0.15, 0.2) is 0 Å². The largest absolute Gasteiger partial charge is 0.491 e. The Morgan fingerprint density at radius 1 is 0.920 bits per heavy atom. The summed E-state index contributed by atoms with van der Waals surface area (Å²) in [5.74, 6) is 0.716. The van der Waals surface area contributed by atoms with E-state index in [1.807, 2.05) is 54.6 Å². The van der Waals surface area contributed by atoms with Crippen LogP contribution >= 0.6 is 0 Å². The third kappa shape index (κ3) is 4.58. The third-order valence-electron chi connectivity index (χ3n) is 3.93. The molecule has 0 radical (unpaired) electrons. The summed E-state index contributed by atoms with van der Waals surface area (Å²) < 4.78 is 10.5. The van der Waals surface area contributed by atoms with Gasteiger partial charge in [0.2, 0.25) is 5.91 Å². The molecule has 0 aliphatic heterocycles. The normalized spacial score (nSPS) is 10.6. The first-order valence-electron chi connectivity index (χ1n) is 8.24. The van der Waals surface area contributed by atoms with Gasteiger partial charge in [-0.25, -0.2) is 0 Å². The molecule has 1 N–H and O–H groups in total. The molecule has 0 fully saturated rings. The molecular formula is C21H21NO3. The summed E-state index contributed by atoms with van der Waals surface area (Å²) in [7, 11) is 1.64. The molecule has 1 amide bonds. The SMILES string of the molecule is COCCOc1ccc(NC(=O)Cc2cccc3ccccc23)cc1. The van der Waals surface area contributed by atoms with Gasteiger partial charge in [-0.1, -0.05) is 42.5 Å². The number of anilines is 1. The van der Waals surface area contributed by atoms with Crippen molar-refractivity contribution in [3.63, 3.8) is 0 Å². The van der Waals surface area contributed by atoms with E-state index in [0.717, 1.165) is 27.8 Å². The monoisotopic (exact) mass is 335 g/mol. The van der Waals surface area contributed by atoms with Crippen LogP contribution in [0.2, 0.25) is 0 Å². The number of benzene rings is 3. The van der Waals surface area contributed by atoms with E-state index in [4.69, 9.17) is 9.47 Å². The molecular weight excluding hydrogens is 314 g/mol. The number of hydrogen-bond acceptors (Lipinski definition) is 3. The van der Waals surface area contributed by atoms with Gasteiger partial charge in [0.05, 0.1) is 13.0 Å². The molecule has 0 aliphatic rings. The number of hydrogen-bond donors (Lipinski definition) is 1. The van der Waals surface area contributed by atoms with Gasteiger partial charge in [0, 0.05) is 12.8 Å². The zero-order chi connectivity index (χ0) is 17.5. The van der Waals surface area contributed by atoms with Crippen molar-refractivity contribution in [3.8, 4) is 5.75 Å². The fourth-order valence-electron chi connectivity index (χ4n) is 2.70. The van der Waals surface area contributed by atoms with Gasteiger partial charge in [-0.15, -0.1) is 0 Å². The summed E-state index contributed by atoms with van der Waals surface area (Å²) >= 11 is 0. The van der Waals surface area contributed by atoms with Gasteiger partial charge >= 0.3 is 0 Å². The molecule has 0 unspecified atom stereocenters. The Bertz CT molecular complexity index is 838. The summed E-state index contributed by atoms with van der Waals surface area (Å²) in [5, 5.41) is 5.19. The Kier molecular flexibility index (Phi) is 5.65. The number of fused-ring (bicyclic) bond motifs is 1. The first-order chi connectivity index (χ1) is 12.3. The molecule has 128 valence electrons. The smallest absolute Gasteiger partial charge is 0.228 e. The van der Waals surface area contributed by atoms with E-state index in [9.17, 15) is 4.79 Å². The molecule has 3 rings (SSSR count). The Hall–Kier alpha value is -2.85. The third-order valence-corrected chi connectivity index (χ3v) is 3.93. The maximum absolute atomic E-state index is 12.4. The van der Waals surface area contributed by atoms with Crippen molar-refractivity contribution in [2.24, 2.45) is 0 Å². The van der Waals surface area contributed by atoms with Crippen LogP contribution < -0.4 is 10.1 Å². The van der Waals surface area contributed by atoms with E-state index in [2.05, 4.69) is 17.4 Å². The molecule has 3 aromatic rings. The Labute approximate surface area is 147 Å². The van der Waals surface area contributed by atoms with Crippen LogP contribution in [0.3, 0.4) is 0 Å². The zero-order valence-electron chi connectivity index (χ0n) is 14.2. The summed E-state index contributed by atoms with van der Waals surface area (Å²) in [6, 6.07) is 21.5. The van der Waals surface area contributed by atoms with Crippen LogP contribution in [-0.2, 0) is 16.0 Å². The summed E-state index contributed by atoms with van der Waals surface area (Å²) in [6.07, 6.45) is 0.341. The number of carbonyl (C=O) groups excluding carboxylic acids is 1. The number of ether oxygens (including phenoxy) is 2. The van der Waals surface area contributed by atoms with Gasteiger partial charge in [0.1, 0.15) is 12.4 Å². The van der Waals surface area contributed by atoms with Crippen molar-refractivity contribution in [3.05, 3.63) is 72.3 Å². The minimum atomic E-state index is -0.0376. The Balaban J connectivity index is 1.62. The lowest BCUT2D eigenvalue weighted by Gasteiger charge is -2.09. The average molecular weight is 335 g/mol. The first kappa shape index (κ1) is 17.0. The van der Waals surface area contributed by atoms with Crippen LogP contribution in [0, 0.1) is 0 Å². The summed E-state index contributed by atoms with van der Waals surface area (Å²) in [5.41, 5.74) is 1.78. The molecule has 25 heavy (non-hydrogen) atoms. The highest BCUT2D eigenvalue weighted by atomic mass is 16.5. The predicted molar refractivity (Wildman–Crippen MR) is 100 cm³/mol. The standard InChI is InChI=1S/C21H21NO3/c1-24-13-14-25-19-11-9-18(10-12-19)22-21(23)15-17-7-4-6-16-5-2-3-8-20(16)17/h2-12H,13-15H2,1H3,(H,22,23). The highest BCUT2D eigenvalue weighted by molar-refractivity contribution is 5.96. The molecule has 3 aromatic carbocycles. The van der Waals surface area contributed by atoms with Crippen LogP contribution in [0.15, 0.2) is 66.7 Å². The molecule has 4 heteroatoms. The molecule has 0 bridgehead atoms. The minimum Gasteiger partial charge on any atom is -0.491 e. The maximum Gasteiger partial charge on any atom is 0.228 e. The van der Waals surface area contributed by atoms with Crippen LogP contribution in [0.4, 0.5) is 5.69 Å². The van der Waals surface area contributed by atoms with Crippen molar-refractivity contribution in [1.82, 2.24) is 0 Å². The van der Waals surface area contributed by atoms with E-state index in [0.29, 0.717) is 19.6 Å². The van der Waals surface area contributed by atoms with Crippen molar-refractivity contribution in [2.75, 3.05) is 25.6 Å². The van der Waals surface area contributed by atoms with E-state index in [1.54, 1.807) is 7.11 Å². The van der Waals surface area contributed by atoms with E-state index in [1.165, 1.54) is 0 Å². The summed E-state index contributed by atoms with van der Waals surface area (Å²) in [4.78, 5) is 12.4.